The van der Waals surface area contributed by atoms with Crippen molar-refractivity contribution in [3.63, 3.8) is 0 Å². The fourth-order valence-corrected chi connectivity index (χ4v) is 7.57. The molecule has 0 aliphatic heterocycles. The zero-order valence-corrected chi connectivity index (χ0v) is 27.3. The average molecular weight is 638 g/mol. The predicted molar refractivity (Wildman–Crippen MR) is 212 cm³/mol. The van der Waals surface area contributed by atoms with E-state index in [1.54, 1.807) is 0 Å². The maximum atomic E-state index is 6.86. The van der Waals surface area contributed by atoms with Crippen LogP contribution in [0.4, 0.5) is 17.1 Å². The Bertz CT molecular complexity index is 2870. The molecule has 1 aromatic heterocycles. The lowest BCUT2D eigenvalue weighted by molar-refractivity contribution is 0.674. The topological polar surface area (TPSA) is 16.4 Å². The van der Waals surface area contributed by atoms with Crippen molar-refractivity contribution in [1.82, 2.24) is 0 Å². The van der Waals surface area contributed by atoms with Crippen LogP contribution in [-0.4, -0.2) is 0 Å². The number of hydrogen-bond acceptors (Lipinski definition) is 2. The van der Waals surface area contributed by atoms with Crippen LogP contribution in [0, 0.1) is 0 Å². The zero-order valence-electron chi connectivity index (χ0n) is 27.3. The zero-order chi connectivity index (χ0) is 33.0. The summed E-state index contributed by atoms with van der Waals surface area (Å²) in [5.74, 6) is 0. The Balaban J connectivity index is 1.11. The number of fused-ring (bicyclic) bond motifs is 7. The highest BCUT2D eigenvalue weighted by molar-refractivity contribution is 6.21. The lowest BCUT2D eigenvalue weighted by Crippen LogP contribution is -2.09. The molecule has 10 rings (SSSR count). The summed E-state index contributed by atoms with van der Waals surface area (Å²) in [6, 6.07) is 67.4. The summed E-state index contributed by atoms with van der Waals surface area (Å²) in [6.45, 7) is 0. The van der Waals surface area contributed by atoms with Crippen LogP contribution < -0.4 is 4.90 Å². The van der Waals surface area contributed by atoms with E-state index in [0.29, 0.717) is 0 Å². The van der Waals surface area contributed by atoms with E-state index in [-0.39, 0.29) is 0 Å². The molecule has 10 aromatic rings. The summed E-state index contributed by atoms with van der Waals surface area (Å²) >= 11 is 0. The van der Waals surface area contributed by atoms with Crippen LogP contribution >= 0.6 is 0 Å². The summed E-state index contributed by atoms with van der Waals surface area (Å²) in [5, 5.41) is 9.50. The largest absolute Gasteiger partial charge is 0.455 e. The molecule has 0 amide bonds. The Morgan fingerprint density at radius 2 is 0.860 bits per heavy atom. The van der Waals surface area contributed by atoms with E-state index in [1.165, 1.54) is 38.1 Å². The number of para-hydroxylation sites is 2. The van der Waals surface area contributed by atoms with Gasteiger partial charge in [0.2, 0.25) is 0 Å². The normalized spacial score (nSPS) is 11.6. The van der Waals surface area contributed by atoms with E-state index >= 15 is 0 Å². The number of hydrogen-bond donors (Lipinski definition) is 0. The molecule has 0 fully saturated rings. The predicted octanol–water partition coefficient (Wildman–Crippen LogP) is 13.8. The van der Waals surface area contributed by atoms with Gasteiger partial charge in [0.1, 0.15) is 11.2 Å². The molecule has 0 aliphatic rings. The summed E-state index contributed by atoms with van der Waals surface area (Å²) in [4.78, 5) is 2.32. The number of benzene rings is 9. The standard InChI is InChI=1S/C48H31NO/c1-2-15-38(16-3-1)49(40-28-23-33-12-5-7-14-36(33)30-40)39-26-24-34(25-27-39)41-19-10-20-44-46-31-45(37-22-21-32-11-4-6-13-35(32)29-37)42-17-8-9-18-43(42)48(46)50-47(41)44/h1-31H. The number of nitrogens with zero attached hydrogens (tertiary/aromatic N) is 1. The Morgan fingerprint density at radius 3 is 1.64 bits per heavy atom. The van der Waals surface area contributed by atoms with Crippen LogP contribution in [-0.2, 0) is 0 Å². The molecule has 0 saturated heterocycles. The summed E-state index contributed by atoms with van der Waals surface area (Å²) in [7, 11) is 0. The van der Waals surface area contributed by atoms with Gasteiger partial charge in [-0.25, -0.2) is 0 Å². The molecular formula is C48H31NO. The van der Waals surface area contributed by atoms with Gasteiger partial charge in [0.15, 0.2) is 0 Å². The monoisotopic (exact) mass is 637 g/mol. The fourth-order valence-electron chi connectivity index (χ4n) is 7.57. The first-order valence-corrected chi connectivity index (χ1v) is 17.1. The lowest BCUT2D eigenvalue weighted by atomic mass is 9.93. The quantitative estimate of drug-likeness (QED) is 0.187. The first kappa shape index (κ1) is 28.4. The van der Waals surface area contributed by atoms with Crippen molar-refractivity contribution in [2.24, 2.45) is 0 Å². The van der Waals surface area contributed by atoms with Crippen molar-refractivity contribution in [1.29, 1.82) is 0 Å². The van der Waals surface area contributed by atoms with E-state index in [4.69, 9.17) is 4.42 Å². The molecule has 0 radical (unpaired) electrons. The van der Waals surface area contributed by atoms with Gasteiger partial charge in [-0.15, -0.1) is 0 Å². The Morgan fingerprint density at radius 1 is 0.300 bits per heavy atom. The minimum Gasteiger partial charge on any atom is -0.455 e. The second-order valence-corrected chi connectivity index (χ2v) is 12.9. The molecule has 2 nitrogen and oxygen atoms in total. The lowest BCUT2D eigenvalue weighted by Gasteiger charge is -2.26. The molecule has 0 atom stereocenters. The summed E-state index contributed by atoms with van der Waals surface area (Å²) < 4.78 is 6.86. The van der Waals surface area contributed by atoms with Gasteiger partial charge in [-0.1, -0.05) is 140 Å². The first-order valence-electron chi connectivity index (χ1n) is 17.1. The van der Waals surface area contributed by atoms with E-state index < -0.39 is 0 Å². The van der Waals surface area contributed by atoms with Crippen molar-refractivity contribution < 1.29 is 4.42 Å². The third-order valence-corrected chi connectivity index (χ3v) is 10.0. The minimum absolute atomic E-state index is 0.908. The summed E-state index contributed by atoms with van der Waals surface area (Å²) in [5.41, 5.74) is 9.78. The molecule has 234 valence electrons. The molecule has 1 heterocycles. The van der Waals surface area contributed by atoms with Crippen molar-refractivity contribution in [3.8, 4) is 22.3 Å². The van der Waals surface area contributed by atoms with Crippen molar-refractivity contribution in [2.75, 3.05) is 4.90 Å². The van der Waals surface area contributed by atoms with Crippen LogP contribution in [0.25, 0.3) is 76.5 Å². The highest BCUT2D eigenvalue weighted by Crippen LogP contribution is 2.43. The third kappa shape index (κ3) is 4.65. The van der Waals surface area contributed by atoms with E-state index in [1.807, 2.05) is 0 Å². The fraction of sp³-hybridized carbons (Fsp3) is 0. The molecule has 0 bridgehead atoms. The van der Waals surface area contributed by atoms with Gasteiger partial charge in [-0.3, -0.25) is 0 Å². The van der Waals surface area contributed by atoms with Gasteiger partial charge in [-0.05, 0) is 92.2 Å². The van der Waals surface area contributed by atoms with Crippen LogP contribution in [0.2, 0.25) is 0 Å². The third-order valence-electron chi connectivity index (χ3n) is 10.0. The Hall–Kier alpha value is -6.64. The summed E-state index contributed by atoms with van der Waals surface area (Å²) in [6.07, 6.45) is 0. The van der Waals surface area contributed by atoms with Crippen LogP contribution in [0.3, 0.4) is 0 Å². The second kappa shape index (κ2) is 11.5. The number of anilines is 3. The molecule has 0 N–H and O–H groups in total. The van der Waals surface area contributed by atoms with Gasteiger partial charge in [0.05, 0.1) is 0 Å². The van der Waals surface area contributed by atoms with Crippen molar-refractivity contribution in [3.05, 3.63) is 188 Å². The highest BCUT2D eigenvalue weighted by atomic mass is 16.3. The number of rotatable bonds is 5. The second-order valence-electron chi connectivity index (χ2n) is 12.9. The van der Waals surface area contributed by atoms with Crippen LogP contribution in [0.15, 0.2) is 192 Å². The van der Waals surface area contributed by atoms with Crippen LogP contribution in [0.5, 0.6) is 0 Å². The van der Waals surface area contributed by atoms with Crippen molar-refractivity contribution >= 4 is 71.3 Å². The minimum atomic E-state index is 0.908. The maximum Gasteiger partial charge on any atom is 0.143 e. The van der Waals surface area contributed by atoms with Crippen LogP contribution in [0.1, 0.15) is 0 Å². The van der Waals surface area contributed by atoms with E-state index in [0.717, 1.165) is 55.5 Å². The molecular weight excluding hydrogens is 607 g/mol. The molecule has 0 spiro atoms. The SMILES string of the molecule is c1ccc(N(c2ccc(-c3cccc4c3oc3c5ccccc5c(-c5ccc6ccccc6c5)cc43)cc2)c2ccc3ccccc3c2)cc1. The first-order chi connectivity index (χ1) is 24.8. The molecule has 2 heteroatoms. The molecule has 0 unspecified atom stereocenters. The van der Waals surface area contributed by atoms with Gasteiger partial charge in [-0.2, -0.15) is 0 Å². The molecule has 50 heavy (non-hydrogen) atoms. The van der Waals surface area contributed by atoms with Gasteiger partial charge in [0, 0.05) is 38.8 Å². The van der Waals surface area contributed by atoms with E-state index in [2.05, 4.69) is 193 Å². The Kier molecular flexibility index (Phi) is 6.53. The van der Waals surface area contributed by atoms with Gasteiger partial charge in [0.25, 0.3) is 0 Å². The smallest absolute Gasteiger partial charge is 0.143 e. The molecule has 0 aliphatic carbocycles. The van der Waals surface area contributed by atoms with Gasteiger partial charge < -0.3 is 9.32 Å². The van der Waals surface area contributed by atoms with E-state index in [9.17, 15) is 0 Å². The Labute approximate surface area is 290 Å². The maximum absolute atomic E-state index is 6.86. The van der Waals surface area contributed by atoms with Crippen molar-refractivity contribution in [2.45, 2.75) is 0 Å². The van der Waals surface area contributed by atoms with Gasteiger partial charge >= 0.3 is 0 Å². The molecule has 9 aromatic carbocycles. The number of furan rings is 1. The molecule has 0 saturated carbocycles. The highest BCUT2D eigenvalue weighted by Gasteiger charge is 2.18. The average Bonchev–Trinajstić information content (AvgIpc) is 3.57.